The maximum absolute atomic E-state index is 15.0. The summed E-state index contributed by atoms with van der Waals surface area (Å²) in [5, 5.41) is 21.2. The van der Waals surface area contributed by atoms with Crippen molar-refractivity contribution in [3.8, 4) is 11.3 Å². The van der Waals surface area contributed by atoms with E-state index in [2.05, 4.69) is 0 Å². The van der Waals surface area contributed by atoms with Crippen LogP contribution in [0.4, 0.5) is 8.78 Å². The van der Waals surface area contributed by atoms with Gasteiger partial charge < -0.3 is 14.9 Å². The molecule has 1 aromatic rings. The van der Waals surface area contributed by atoms with Gasteiger partial charge in [-0.25, -0.2) is 9.18 Å². The molecule has 1 aliphatic rings. The first-order valence-corrected chi connectivity index (χ1v) is 6.44. The Kier molecular flexibility index (Phi) is 4.39. The Hall–Kier alpha value is -1.73. The lowest BCUT2D eigenvalue weighted by molar-refractivity contribution is -0.0805. The predicted octanol–water partition coefficient (Wildman–Crippen LogP) is -0.777. The van der Waals surface area contributed by atoms with Crippen molar-refractivity contribution < 1.29 is 23.7 Å². The molecule has 120 valence electrons. The normalized spacial score (nSPS) is 32.4. The molecule has 5 atom stereocenters. The molecule has 0 radical (unpaired) electrons. The summed E-state index contributed by atoms with van der Waals surface area (Å²) in [6.45, 7) is 1.22. The van der Waals surface area contributed by atoms with Crippen molar-refractivity contribution in [2.75, 3.05) is 0 Å². The number of ether oxygens (including phenoxy) is 1. The molecule has 1 unspecified atom stereocenters. The monoisotopic (exact) mass is 336 g/mol. The van der Waals surface area contributed by atoms with Gasteiger partial charge in [0.1, 0.15) is 12.2 Å². The SMILES string of the molecule is C[C@H](O)[C@H]1O[C@@H](n2cc(F)c(=O)[nH]c2=O)[C@@](F)(C#CCl)C1O. The highest BCUT2D eigenvalue weighted by atomic mass is 35.5. The second kappa shape index (κ2) is 5.81. The van der Waals surface area contributed by atoms with E-state index in [9.17, 15) is 28.6 Å². The fourth-order valence-corrected chi connectivity index (χ4v) is 2.34. The molecule has 1 fully saturated rings. The van der Waals surface area contributed by atoms with Crippen LogP contribution >= 0.6 is 11.6 Å². The predicted molar refractivity (Wildman–Crippen MR) is 70.3 cm³/mol. The Labute approximate surface area is 127 Å². The van der Waals surface area contributed by atoms with E-state index in [4.69, 9.17) is 16.3 Å². The van der Waals surface area contributed by atoms with E-state index in [0.717, 1.165) is 0 Å². The van der Waals surface area contributed by atoms with Crippen LogP contribution in [0.5, 0.6) is 0 Å². The molecule has 0 amide bonds. The second-order valence-corrected chi connectivity index (χ2v) is 4.96. The van der Waals surface area contributed by atoms with Crippen LogP contribution in [0.1, 0.15) is 13.2 Å². The van der Waals surface area contributed by atoms with Crippen molar-refractivity contribution in [3.05, 3.63) is 32.9 Å². The van der Waals surface area contributed by atoms with Gasteiger partial charge in [-0.2, -0.15) is 4.39 Å². The summed E-state index contributed by atoms with van der Waals surface area (Å²) < 4.78 is 33.8. The number of halogens is 3. The highest BCUT2D eigenvalue weighted by Crippen LogP contribution is 2.41. The van der Waals surface area contributed by atoms with Crippen LogP contribution in [0.25, 0.3) is 0 Å². The number of hydrogen-bond acceptors (Lipinski definition) is 5. The molecule has 0 aromatic carbocycles. The smallest absolute Gasteiger partial charge is 0.330 e. The van der Waals surface area contributed by atoms with E-state index in [1.807, 2.05) is 5.92 Å². The Morgan fingerprint density at radius 2 is 2.23 bits per heavy atom. The number of H-pyrrole nitrogens is 1. The Morgan fingerprint density at radius 1 is 1.59 bits per heavy atom. The highest BCUT2D eigenvalue weighted by molar-refractivity contribution is 6.30. The largest absolute Gasteiger partial charge is 0.391 e. The summed E-state index contributed by atoms with van der Waals surface area (Å²) in [6, 6.07) is 0. The fourth-order valence-electron chi connectivity index (χ4n) is 2.20. The summed E-state index contributed by atoms with van der Waals surface area (Å²) in [5.74, 6) is 0.492. The van der Waals surface area contributed by atoms with Crippen molar-refractivity contribution in [1.82, 2.24) is 9.55 Å². The van der Waals surface area contributed by atoms with Gasteiger partial charge in [0.15, 0.2) is 6.23 Å². The molecular weight excluding hydrogens is 326 g/mol. The molecular formula is C12H11ClF2N2O5. The van der Waals surface area contributed by atoms with Gasteiger partial charge in [0.2, 0.25) is 11.5 Å². The molecule has 0 bridgehead atoms. The third kappa shape index (κ3) is 2.55. The molecule has 22 heavy (non-hydrogen) atoms. The number of nitrogens with zero attached hydrogens (tertiary/aromatic N) is 1. The van der Waals surface area contributed by atoms with Crippen molar-refractivity contribution in [2.45, 2.75) is 37.1 Å². The molecule has 2 rings (SSSR count). The first-order chi connectivity index (χ1) is 10.2. The maximum Gasteiger partial charge on any atom is 0.330 e. The average Bonchev–Trinajstić information content (AvgIpc) is 2.68. The van der Waals surface area contributed by atoms with Crippen LogP contribution in [0.3, 0.4) is 0 Å². The first-order valence-electron chi connectivity index (χ1n) is 6.06. The lowest BCUT2D eigenvalue weighted by Crippen LogP contribution is -2.46. The number of aromatic nitrogens is 2. The van der Waals surface area contributed by atoms with E-state index in [0.29, 0.717) is 10.8 Å². The van der Waals surface area contributed by atoms with Gasteiger partial charge in [-0.05, 0) is 24.4 Å². The molecule has 1 aromatic heterocycles. The van der Waals surface area contributed by atoms with Gasteiger partial charge in [0.05, 0.1) is 12.3 Å². The van der Waals surface area contributed by atoms with Gasteiger partial charge in [-0.15, -0.1) is 0 Å². The standard InChI is InChI=1S/C12H11ClF2N2O5/c1-5(18)7-8(19)12(15,2-3-13)10(22-7)17-4-6(14)9(20)16-11(17)21/h4-5,7-8,10,18-19H,1H3,(H,16,20,21)/t5-,7+,8?,10+,12+/m0/s1. The van der Waals surface area contributed by atoms with Gasteiger partial charge >= 0.3 is 5.69 Å². The molecule has 3 N–H and O–H groups in total. The molecule has 1 saturated heterocycles. The minimum Gasteiger partial charge on any atom is -0.391 e. The Balaban J connectivity index is 2.61. The maximum atomic E-state index is 15.0. The van der Waals surface area contributed by atoms with E-state index >= 15 is 0 Å². The number of alkyl halides is 1. The zero-order valence-electron chi connectivity index (χ0n) is 11.1. The van der Waals surface area contributed by atoms with Crippen molar-refractivity contribution in [2.24, 2.45) is 0 Å². The third-order valence-electron chi connectivity index (χ3n) is 3.28. The quantitative estimate of drug-likeness (QED) is 0.615. The summed E-state index contributed by atoms with van der Waals surface area (Å²) >= 11 is 5.16. The molecule has 0 spiro atoms. The third-order valence-corrected chi connectivity index (χ3v) is 3.37. The lowest BCUT2D eigenvalue weighted by Gasteiger charge is -2.23. The van der Waals surface area contributed by atoms with Crippen LogP contribution in [-0.4, -0.2) is 43.7 Å². The van der Waals surface area contributed by atoms with Gasteiger partial charge in [-0.3, -0.25) is 14.3 Å². The first kappa shape index (κ1) is 16.6. The number of aliphatic hydroxyl groups is 2. The molecule has 10 heteroatoms. The zero-order chi connectivity index (χ0) is 16.7. The summed E-state index contributed by atoms with van der Waals surface area (Å²) in [4.78, 5) is 24.4. The van der Waals surface area contributed by atoms with E-state index in [1.165, 1.54) is 6.92 Å². The van der Waals surface area contributed by atoms with Gasteiger partial charge in [0, 0.05) is 5.38 Å². The molecule has 2 heterocycles. The molecule has 0 saturated carbocycles. The summed E-state index contributed by atoms with van der Waals surface area (Å²) in [6.07, 6.45) is -6.18. The van der Waals surface area contributed by atoms with Crippen LogP contribution in [0.15, 0.2) is 15.8 Å². The van der Waals surface area contributed by atoms with Crippen LogP contribution < -0.4 is 11.2 Å². The highest BCUT2D eigenvalue weighted by Gasteiger charge is 2.59. The summed E-state index contributed by atoms with van der Waals surface area (Å²) in [5.41, 5.74) is -5.36. The fraction of sp³-hybridized carbons (Fsp3) is 0.500. The topological polar surface area (TPSA) is 105 Å². The van der Waals surface area contributed by atoms with E-state index in [-0.39, 0.29) is 0 Å². The van der Waals surface area contributed by atoms with Crippen molar-refractivity contribution in [3.63, 3.8) is 0 Å². The summed E-state index contributed by atoms with van der Waals surface area (Å²) in [7, 11) is 0. The number of hydrogen-bond donors (Lipinski definition) is 3. The van der Waals surface area contributed by atoms with Crippen LogP contribution in [-0.2, 0) is 4.74 Å². The van der Waals surface area contributed by atoms with Gasteiger partial charge in [0.25, 0.3) is 5.56 Å². The Bertz CT molecular complexity index is 752. The number of rotatable bonds is 2. The van der Waals surface area contributed by atoms with Crippen molar-refractivity contribution >= 4 is 11.6 Å². The van der Waals surface area contributed by atoms with Crippen molar-refractivity contribution in [1.29, 1.82) is 0 Å². The molecule has 0 aliphatic carbocycles. The van der Waals surface area contributed by atoms with Gasteiger partial charge in [-0.1, -0.05) is 0 Å². The Morgan fingerprint density at radius 3 is 2.77 bits per heavy atom. The van der Waals surface area contributed by atoms with Crippen LogP contribution in [0.2, 0.25) is 0 Å². The van der Waals surface area contributed by atoms with Crippen LogP contribution in [0, 0.1) is 17.1 Å². The average molecular weight is 337 g/mol. The number of nitrogens with one attached hydrogen (secondary N) is 1. The minimum absolute atomic E-state index is 0.392. The molecule has 7 nitrogen and oxygen atoms in total. The number of aromatic amines is 1. The zero-order valence-corrected chi connectivity index (χ0v) is 11.8. The number of aliphatic hydroxyl groups excluding tert-OH is 2. The van der Waals surface area contributed by atoms with E-state index < -0.39 is 47.3 Å². The molecule has 1 aliphatic heterocycles. The lowest BCUT2D eigenvalue weighted by atomic mass is 9.95. The minimum atomic E-state index is -2.89. The van der Waals surface area contributed by atoms with E-state index in [1.54, 1.807) is 10.4 Å². The second-order valence-electron chi connectivity index (χ2n) is 4.77.